The summed E-state index contributed by atoms with van der Waals surface area (Å²) in [5.74, 6) is 0.163. The van der Waals surface area contributed by atoms with Gasteiger partial charge in [0, 0.05) is 18.2 Å². The third kappa shape index (κ3) is 3.47. The summed E-state index contributed by atoms with van der Waals surface area (Å²) >= 11 is 0. The number of nitrogens with one attached hydrogen (secondary N) is 1. The van der Waals surface area contributed by atoms with Crippen LogP contribution < -0.4 is 5.32 Å². The Morgan fingerprint density at radius 2 is 2.29 bits per heavy atom. The van der Waals surface area contributed by atoms with E-state index in [9.17, 15) is 4.79 Å². The fraction of sp³-hybridized carbons (Fsp3) is 0.364. The quantitative estimate of drug-likeness (QED) is 0.771. The molecule has 3 nitrogen and oxygen atoms in total. The molecule has 3 heteroatoms. The van der Waals surface area contributed by atoms with Crippen molar-refractivity contribution in [2.75, 3.05) is 5.32 Å². The van der Waals surface area contributed by atoms with E-state index < -0.39 is 0 Å². The molecule has 0 aliphatic heterocycles. The first-order chi connectivity index (χ1) is 6.72. The van der Waals surface area contributed by atoms with Crippen LogP contribution in [-0.2, 0) is 4.79 Å². The van der Waals surface area contributed by atoms with Crippen LogP contribution in [0.3, 0.4) is 0 Å². The first kappa shape index (κ1) is 10.6. The van der Waals surface area contributed by atoms with Crippen LogP contribution in [0.4, 0.5) is 5.69 Å². The maximum atomic E-state index is 11.3. The molecule has 1 amide bonds. The molecule has 0 heterocycles. The maximum Gasteiger partial charge on any atom is 0.224 e. The molecule has 0 radical (unpaired) electrons. The van der Waals surface area contributed by atoms with Gasteiger partial charge in [-0.25, -0.2) is 0 Å². The van der Waals surface area contributed by atoms with Crippen molar-refractivity contribution in [1.82, 2.24) is 0 Å². The SMILES string of the molecule is CCCCC(=O)Nc1cccc(O)c1. The number of hydrogen-bond donors (Lipinski definition) is 2. The van der Waals surface area contributed by atoms with Crippen molar-refractivity contribution >= 4 is 11.6 Å². The zero-order valence-electron chi connectivity index (χ0n) is 8.29. The fourth-order valence-corrected chi connectivity index (χ4v) is 1.14. The molecule has 1 aromatic rings. The highest BCUT2D eigenvalue weighted by atomic mass is 16.3. The number of amides is 1. The smallest absolute Gasteiger partial charge is 0.224 e. The van der Waals surface area contributed by atoms with Gasteiger partial charge in [0.1, 0.15) is 5.75 Å². The first-order valence-corrected chi connectivity index (χ1v) is 4.81. The predicted octanol–water partition coefficient (Wildman–Crippen LogP) is 2.52. The molecular weight excluding hydrogens is 178 g/mol. The number of rotatable bonds is 4. The largest absolute Gasteiger partial charge is 0.508 e. The van der Waals surface area contributed by atoms with Gasteiger partial charge in [0.2, 0.25) is 5.91 Å². The van der Waals surface area contributed by atoms with Crippen molar-refractivity contribution in [2.24, 2.45) is 0 Å². The van der Waals surface area contributed by atoms with Crippen LogP contribution in [0.1, 0.15) is 26.2 Å². The van der Waals surface area contributed by atoms with Crippen molar-refractivity contribution < 1.29 is 9.90 Å². The molecule has 1 aromatic carbocycles. The van der Waals surface area contributed by atoms with Gasteiger partial charge in [-0.05, 0) is 18.6 Å². The van der Waals surface area contributed by atoms with E-state index in [0.29, 0.717) is 12.1 Å². The van der Waals surface area contributed by atoms with Crippen LogP contribution >= 0.6 is 0 Å². The summed E-state index contributed by atoms with van der Waals surface area (Å²) in [6.45, 7) is 2.04. The van der Waals surface area contributed by atoms with E-state index in [1.807, 2.05) is 6.92 Å². The zero-order chi connectivity index (χ0) is 10.4. The number of anilines is 1. The van der Waals surface area contributed by atoms with E-state index in [0.717, 1.165) is 12.8 Å². The van der Waals surface area contributed by atoms with E-state index in [-0.39, 0.29) is 11.7 Å². The van der Waals surface area contributed by atoms with Gasteiger partial charge in [0.15, 0.2) is 0 Å². The summed E-state index contributed by atoms with van der Waals surface area (Å²) in [6.07, 6.45) is 2.43. The lowest BCUT2D eigenvalue weighted by Crippen LogP contribution is -2.10. The molecule has 1 rings (SSSR count). The van der Waals surface area contributed by atoms with Crippen molar-refractivity contribution in [3.63, 3.8) is 0 Å². The number of hydrogen-bond acceptors (Lipinski definition) is 2. The van der Waals surface area contributed by atoms with Crippen molar-refractivity contribution in [3.05, 3.63) is 24.3 Å². The predicted molar refractivity (Wildman–Crippen MR) is 56.3 cm³/mol. The molecule has 0 aliphatic rings. The lowest BCUT2D eigenvalue weighted by atomic mass is 10.2. The van der Waals surface area contributed by atoms with E-state index >= 15 is 0 Å². The zero-order valence-corrected chi connectivity index (χ0v) is 8.29. The van der Waals surface area contributed by atoms with Crippen molar-refractivity contribution in [1.29, 1.82) is 0 Å². The second-order valence-corrected chi connectivity index (χ2v) is 3.20. The fourth-order valence-electron chi connectivity index (χ4n) is 1.14. The summed E-state index contributed by atoms with van der Waals surface area (Å²) in [5.41, 5.74) is 0.645. The average Bonchev–Trinajstić information content (AvgIpc) is 2.15. The summed E-state index contributed by atoms with van der Waals surface area (Å²) in [5, 5.41) is 11.9. The highest BCUT2D eigenvalue weighted by Crippen LogP contribution is 2.15. The highest BCUT2D eigenvalue weighted by molar-refractivity contribution is 5.90. The van der Waals surface area contributed by atoms with Gasteiger partial charge in [-0.1, -0.05) is 19.4 Å². The maximum absolute atomic E-state index is 11.3. The first-order valence-electron chi connectivity index (χ1n) is 4.81. The molecule has 76 valence electrons. The Morgan fingerprint density at radius 1 is 1.50 bits per heavy atom. The summed E-state index contributed by atoms with van der Waals surface area (Å²) in [4.78, 5) is 11.3. The molecular formula is C11H15NO2. The van der Waals surface area contributed by atoms with Gasteiger partial charge in [0.25, 0.3) is 0 Å². The summed E-state index contributed by atoms with van der Waals surface area (Å²) < 4.78 is 0. The minimum absolute atomic E-state index is 0.00236. The number of aromatic hydroxyl groups is 1. The number of carbonyl (C=O) groups excluding carboxylic acids is 1. The molecule has 0 saturated carbocycles. The summed E-state index contributed by atoms with van der Waals surface area (Å²) in [6, 6.07) is 6.56. The molecule has 0 atom stereocenters. The van der Waals surface area contributed by atoms with E-state index in [2.05, 4.69) is 5.32 Å². The summed E-state index contributed by atoms with van der Waals surface area (Å²) in [7, 11) is 0. The van der Waals surface area contributed by atoms with Crippen LogP contribution in [-0.4, -0.2) is 11.0 Å². The van der Waals surface area contributed by atoms with E-state index in [1.54, 1.807) is 18.2 Å². The highest BCUT2D eigenvalue weighted by Gasteiger charge is 2.01. The van der Waals surface area contributed by atoms with Crippen molar-refractivity contribution in [3.8, 4) is 5.75 Å². The molecule has 2 N–H and O–H groups in total. The standard InChI is InChI=1S/C11H15NO2/c1-2-3-7-11(14)12-9-5-4-6-10(13)8-9/h4-6,8,13H,2-3,7H2,1H3,(H,12,14). The number of phenols is 1. The Kier molecular flexibility index (Phi) is 3.98. The van der Waals surface area contributed by atoms with Gasteiger partial charge in [-0.3, -0.25) is 4.79 Å². The third-order valence-corrected chi connectivity index (χ3v) is 1.89. The monoisotopic (exact) mass is 193 g/mol. The van der Waals surface area contributed by atoms with Gasteiger partial charge in [0.05, 0.1) is 0 Å². The molecule has 0 saturated heterocycles. The minimum atomic E-state index is -0.00236. The molecule has 0 fully saturated rings. The lowest BCUT2D eigenvalue weighted by Gasteiger charge is -2.04. The molecule has 0 aromatic heterocycles. The average molecular weight is 193 g/mol. The number of unbranched alkanes of at least 4 members (excludes halogenated alkanes) is 1. The lowest BCUT2D eigenvalue weighted by molar-refractivity contribution is -0.116. The molecule has 14 heavy (non-hydrogen) atoms. The van der Waals surface area contributed by atoms with Gasteiger partial charge >= 0.3 is 0 Å². The van der Waals surface area contributed by atoms with Crippen LogP contribution in [0.25, 0.3) is 0 Å². The van der Waals surface area contributed by atoms with E-state index in [1.165, 1.54) is 6.07 Å². The van der Waals surface area contributed by atoms with Crippen molar-refractivity contribution in [2.45, 2.75) is 26.2 Å². The van der Waals surface area contributed by atoms with Crippen LogP contribution in [0.5, 0.6) is 5.75 Å². The number of benzene rings is 1. The molecule has 0 unspecified atom stereocenters. The molecule has 0 spiro atoms. The third-order valence-electron chi connectivity index (χ3n) is 1.89. The molecule has 0 aliphatic carbocycles. The topological polar surface area (TPSA) is 49.3 Å². The Balaban J connectivity index is 2.47. The Bertz CT molecular complexity index is 310. The second kappa shape index (κ2) is 5.27. The van der Waals surface area contributed by atoms with E-state index in [4.69, 9.17) is 5.11 Å². The van der Waals surface area contributed by atoms with Gasteiger partial charge in [-0.15, -0.1) is 0 Å². The Hall–Kier alpha value is -1.51. The Morgan fingerprint density at radius 3 is 2.93 bits per heavy atom. The van der Waals surface area contributed by atoms with Crippen LogP contribution in [0.15, 0.2) is 24.3 Å². The molecule has 0 bridgehead atoms. The number of carbonyl (C=O) groups is 1. The van der Waals surface area contributed by atoms with Gasteiger partial charge < -0.3 is 10.4 Å². The Labute approximate surface area is 83.8 Å². The normalized spacial score (nSPS) is 9.79. The second-order valence-electron chi connectivity index (χ2n) is 3.20. The minimum Gasteiger partial charge on any atom is -0.508 e. The van der Waals surface area contributed by atoms with Crippen LogP contribution in [0.2, 0.25) is 0 Å². The van der Waals surface area contributed by atoms with Crippen LogP contribution in [0, 0.1) is 0 Å². The van der Waals surface area contributed by atoms with Gasteiger partial charge in [-0.2, -0.15) is 0 Å². The number of phenolic OH excluding ortho intramolecular Hbond substituents is 1.